The van der Waals surface area contributed by atoms with Crippen molar-refractivity contribution in [2.75, 3.05) is 11.9 Å². The molecule has 0 rings (SSSR count). The van der Waals surface area contributed by atoms with E-state index in [9.17, 15) is 0 Å². The fourth-order valence-corrected chi connectivity index (χ4v) is 1.81. The van der Waals surface area contributed by atoms with Crippen LogP contribution in [0.1, 0.15) is 20.8 Å². The lowest BCUT2D eigenvalue weighted by Gasteiger charge is -2.35. The molecule has 0 unspecified atom stereocenters. The van der Waals surface area contributed by atoms with Crippen LogP contribution in [0.25, 0.3) is 0 Å². The molecule has 0 atom stereocenters. The first-order valence-electron chi connectivity index (χ1n) is 4.66. The van der Waals surface area contributed by atoms with Crippen LogP contribution in [0.3, 0.4) is 0 Å². The van der Waals surface area contributed by atoms with Gasteiger partial charge in [-0.3, -0.25) is 0 Å². The summed E-state index contributed by atoms with van der Waals surface area (Å²) in [5.74, 6) is 0. The zero-order valence-corrected chi connectivity index (χ0v) is 11.9. The Balaban J connectivity index is 3.97. The van der Waals surface area contributed by atoms with Gasteiger partial charge in [-0.05, 0) is 18.1 Å². The lowest BCUT2D eigenvalue weighted by Crippen LogP contribution is -2.40. The van der Waals surface area contributed by atoms with E-state index in [4.69, 9.17) is 4.43 Å². The Labute approximate surface area is 91.8 Å². The van der Waals surface area contributed by atoms with E-state index in [0.29, 0.717) is 5.04 Å². The van der Waals surface area contributed by atoms with Gasteiger partial charge < -0.3 is 4.43 Å². The van der Waals surface area contributed by atoms with Crippen LogP contribution in [0.5, 0.6) is 0 Å². The van der Waals surface area contributed by atoms with Gasteiger partial charge in [-0.25, -0.2) is 0 Å². The molecule has 0 aliphatic heterocycles. The third-order valence-corrected chi connectivity index (χ3v) is 7.48. The topological polar surface area (TPSA) is 9.23 Å². The van der Waals surface area contributed by atoms with Crippen molar-refractivity contribution in [3.8, 4) is 0 Å². The molecular formula is C10H21BrOSi. The molecule has 0 amide bonds. The number of allylic oxidation sites excluding steroid dienone is 1. The summed E-state index contributed by atoms with van der Waals surface area (Å²) in [6, 6.07) is 0. The van der Waals surface area contributed by atoms with Crippen LogP contribution in [-0.2, 0) is 4.43 Å². The van der Waals surface area contributed by atoms with Crippen molar-refractivity contribution in [3.05, 3.63) is 12.2 Å². The Bertz CT molecular complexity index is 170. The van der Waals surface area contributed by atoms with E-state index < -0.39 is 8.32 Å². The lowest BCUT2D eigenvalue weighted by atomic mass is 10.2. The molecule has 0 saturated heterocycles. The quantitative estimate of drug-likeness (QED) is 0.425. The van der Waals surface area contributed by atoms with Crippen LogP contribution < -0.4 is 0 Å². The van der Waals surface area contributed by atoms with Crippen molar-refractivity contribution in [1.29, 1.82) is 0 Å². The van der Waals surface area contributed by atoms with Gasteiger partial charge in [-0.15, -0.1) is 0 Å². The van der Waals surface area contributed by atoms with Crippen LogP contribution in [0.15, 0.2) is 12.2 Å². The van der Waals surface area contributed by atoms with Gasteiger partial charge in [0.15, 0.2) is 8.32 Å². The molecule has 1 nitrogen and oxygen atoms in total. The maximum atomic E-state index is 5.93. The summed E-state index contributed by atoms with van der Waals surface area (Å²) >= 11 is 3.34. The predicted molar refractivity (Wildman–Crippen MR) is 66.1 cm³/mol. The van der Waals surface area contributed by atoms with E-state index in [1.54, 1.807) is 0 Å². The smallest absolute Gasteiger partial charge is 0.192 e. The van der Waals surface area contributed by atoms with Gasteiger partial charge in [0.1, 0.15) is 0 Å². The second-order valence-electron chi connectivity index (χ2n) is 4.70. The Morgan fingerprint density at radius 1 is 1.23 bits per heavy atom. The van der Waals surface area contributed by atoms with E-state index in [0.717, 1.165) is 11.9 Å². The molecule has 0 aromatic rings. The minimum Gasteiger partial charge on any atom is -0.413 e. The van der Waals surface area contributed by atoms with Gasteiger partial charge in [0.2, 0.25) is 0 Å². The Hall–Kier alpha value is 0.397. The molecule has 0 radical (unpaired) electrons. The summed E-state index contributed by atoms with van der Waals surface area (Å²) in [5.41, 5.74) is 0. The minimum atomic E-state index is -1.52. The molecular weight excluding hydrogens is 244 g/mol. The number of hydrogen-bond donors (Lipinski definition) is 0. The maximum Gasteiger partial charge on any atom is 0.192 e. The highest BCUT2D eigenvalue weighted by atomic mass is 79.9. The zero-order valence-electron chi connectivity index (χ0n) is 9.36. The van der Waals surface area contributed by atoms with Gasteiger partial charge in [-0.1, -0.05) is 48.9 Å². The molecule has 0 aliphatic rings. The van der Waals surface area contributed by atoms with Crippen LogP contribution in [0.4, 0.5) is 0 Å². The van der Waals surface area contributed by atoms with Gasteiger partial charge >= 0.3 is 0 Å². The highest BCUT2D eigenvalue weighted by Crippen LogP contribution is 2.36. The second kappa shape index (κ2) is 5.32. The van der Waals surface area contributed by atoms with E-state index in [1.165, 1.54) is 0 Å². The molecule has 0 aromatic heterocycles. The molecule has 0 bridgehead atoms. The number of rotatable bonds is 4. The molecule has 78 valence electrons. The third kappa shape index (κ3) is 4.98. The van der Waals surface area contributed by atoms with Crippen LogP contribution >= 0.6 is 15.9 Å². The first-order valence-corrected chi connectivity index (χ1v) is 8.69. The van der Waals surface area contributed by atoms with Crippen LogP contribution in [0.2, 0.25) is 18.1 Å². The fraction of sp³-hybridized carbons (Fsp3) is 0.800. The Morgan fingerprint density at radius 2 is 1.77 bits per heavy atom. The summed E-state index contributed by atoms with van der Waals surface area (Å²) in [7, 11) is -1.52. The van der Waals surface area contributed by atoms with Crippen molar-refractivity contribution in [3.63, 3.8) is 0 Å². The Kier molecular flexibility index (Phi) is 5.48. The minimum absolute atomic E-state index is 0.315. The van der Waals surface area contributed by atoms with Crippen LogP contribution in [0, 0.1) is 0 Å². The molecule has 13 heavy (non-hydrogen) atoms. The largest absolute Gasteiger partial charge is 0.413 e. The monoisotopic (exact) mass is 264 g/mol. The average Bonchev–Trinajstić information content (AvgIpc) is 1.96. The molecule has 0 aromatic carbocycles. The Morgan fingerprint density at radius 3 is 2.15 bits per heavy atom. The summed E-state index contributed by atoms with van der Waals surface area (Å²) < 4.78 is 5.93. The molecule has 3 heteroatoms. The normalized spacial score (nSPS) is 14.0. The van der Waals surface area contributed by atoms with Gasteiger partial charge in [0, 0.05) is 5.33 Å². The van der Waals surface area contributed by atoms with Crippen molar-refractivity contribution >= 4 is 24.2 Å². The predicted octanol–water partition coefficient (Wildman–Crippen LogP) is 3.96. The molecule has 0 N–H and O–H groups in total. The first kappa shape index (κ1) is 13.4. The average molecular weight is 265 g/mol. The molecule has 0 aliphatic carbocycles. The SMILES string of the molecule is CC(C)(C)[Si](C)(C)OC/C=C\CBr. The van der Waals surface area contributed by atoms with Crippen molar-refractivity contribution in [1.82, 2.24) is 0 Å². The highest BCUT2D eigenvalue weighted by Gasteiger charge is 2.36. The van der Waals surface area contributed by atoms with Crippen LogP contribution in [-0.4, -0.2) is 20.3 Å². The van der Waals surface area contributed by atoms with Crippen molar-refractivity contribution in [2.24, 2.45) is 0 Å². The van der Waals surface area contributed by atoms with Crippen molar-refractivity contribution < 1.29 is 4.43 Å². The first-order chi connectivity index (χ1) is 5.81. The number of halogens is 1. The van der Waals surface area contributed by atoms with Crippen molar-refractivity contribution in [2.45, 2.75) is 38.9 Å². The molecule has 0 saturated carbocycles. The van der Waals surface area contributed by atoms with Gasteiger partial charge in [0.05, 0.1) is 6.61 Å². The summed E-state index contributed by atoms with van der Waals surface area (Å²) in [6.45, 7) is 12.1. The fourth-order valence-electron chi connectivity index (χ4n) is 0.604. The highest BCUT2D eigenvalue weighted by molar-refractivity contribution is 9.09. The van der Waals surface area contributed by atoms with Gasteiger partial charge in [-0.2, -0.15) is 0 Å². The number of alkyl halides is 1. The summed E-state index contributed by atoms with van der Waals surface area (Å²) in [5, 5.41) is 1.23. The zero-order chi connectivity index (χ0) is 10.5. The third-order valence-electron chi connectivity index (χ3n) is 2.60. The van der Waals surface area contributed by atoms with E-state index in [2.05, 4.69) is 61.9 Å². The van der Waals surface area contributed by atoms with E-state index in [1.807, 2.05) is 0 Å². The maximum absolute atomic E-state index is 5.93. The number of hydrogen-bond acceptors (Lipinski definition) is 1. The summed E-state index contributed by atoms with van der Waals surface area (Å²) in [6.07, 6.45) is 4.16. The van der Waals surface area contributed by atoms with E-state index >= 15 is 0 Å². The molecule has 0 fully saturated rings. The van der Waals surface area contributed by atoms with Gasteiger partial charge in [0.25, 0.3) is 0 Å². The lowest BCUT2D eigenvalue weighted by molar-refractivity contribution is 0.328. The van der Waals surface area contributed by atoms with E-state index in [-0.39, 0.29) is 0 Å². The summed E-state index contributed by atoms with van der Waals surface area (Å²) in [4.78, 5) is 0. The second-order valence-corrected chi connectivity index (χ2v) is 10.2. The standard InChI is InChI=1S/C10H21BrOSi/c1-10(2,3)13(4,5)12-9-7-6-8-11/h6-7H,8-9H2,1-5H3/b7-6-. The molecule has 0 heterocycles. The molecule has 0 spiro atoms.